The fourth-order valence-electron chi connectivity index (χ4n) is 5.16. The number of aryl methyl sites for hydroxylation is 2. The number of halogens is 3. The maximum absolute atomic E-state index is 12.8. The molecule has 2 N–H and O–H groups in total. The van der Waals surface area contributed by atoms with Gasteiger partial charge in [0.2, 0.25) is 0 Å². The molecule has 0 aliphatic rings. The molecule has 4 aromatic rings. The van der Waals surface area contributed by atoms with Crippen molar-refractivity contribution in [2.24, 2.45) is 0 Å². The Hall–Kier alpha value is -4.47. The maximum Gasteiger partial charge on any atom is 0.416 e. The number of nitrogens with zero attached hydrogens (tertiary/aromatic N) is 1. The zero-order valence-corrected chi connectivity index (χ0v) is 25.5. The third-order valence-corrected chi connectivity index (χ3v) is 7.78. The van der Waals surface area contributed by atoms with E-state index in [-0.39, 0.29) is 18.1 Å². The van der Waals surface area contributed by atoms with Crippen molar-refractivity contribution in [1.82, 2.24) is 4.90 Å². The van der Waals surface area contributed by atoms with E-state index < -0.39 is 23.7 Å². The van der Waals surface area contributed by atoms with Crippen LogP contribution < -0.4 is 0 Å². The molecule has 0 bridgehead atoms. The molecular weight excluding hydrogens is 595 g/mol. The Bertz CT molecular complexity index is 1520. The maximum atomic E-state index is 12.8. The summed E-state index contributed by atoms with van der Waals surface area (Å²) in [6.45, 7) is 2.10. The van der Waals surface area contributed by atoms with Gasteiger partial charge in [0.25, 0.3) is 0 Å². The van der Waals surface area contributed by atoms with Crippen molar-refractivity contribution in [2.45, 2.75) is 57.5 Å². The van der Waals surface area contributed by atoms with Gasteiger partial charge in [0.15, 0.2) is 0 Å². The molecule has 242 valence electrons. The van der Waals surface area contributed by atoms with Crippen LogP contribution in [0, 0.1) is 0 Å². The number of aromatic carboxylic acids is 1. The Kier molecular flexibility index (Phi) is 12.5. The van der Waals surface area contributed by atoms with Crippen molar-refractivity contribution < 1.29 is 37.7 Å². The van der Waals surface area contributed by atoms with Gasteiger partial charge >= 0.3 is 18.1 Å². The minimum atomic E-state index is -4.34. The van der Waals surface area contributed by atoms with Crippen molar-refractivity contribution >= 4 is 11.9 Å². The smallest absolute Gasteiger partial charge is 0.416 e. The van der Waals surface area contributed by atoms with Crippen molar-refractivity contribution in [3.63, 3.8) is 0 Å². The molecule has 0 fully saturated rings. The van der Waals surface area contributed by atoms with Gasteiger partial charge in [-0.15, -0.1) is 0 Å². The van der Waals surface area contributed by atoms with Crippen LogP contribution in [0.1, 0.15) is 69.1 Å². The minimum absolute atomic E-state index is 0.0973. The van der Waals surface area contributed by atoms with Crippen LogP contribution >= 0.6 is 0 Å². The number of ether oxygens (including phenoxy) is 1. The minimum Gasteiger partial charge on any atom is -0.481 e. The van der Waals surface area contributed by atoms with Crippen molar-refractivity contribution in [2.75, 3.05) is 13.1 Å². The molecular formula is C37H38F3NO5. The van der Waals surface area contributed by atoms with Crippen molar-refractivity contribution in [1.29, 1.82) is 0 Å². The Morgan fingerprint density at radius 2 is 1.28 bits per heavy atom. The molecule has 0 spiro atoms. The Morgan fingerprint density at radius 3 is 1.85 bits per heavy atom. The molecule has 6 nitrogen and oxygen atoms in total. The molecule has 0 saturated heterocycles. The molecule has 0 unspecified atom stereocenters. The van der Waals surface area contributed by atoms with Crippen molar-refractivity contribution in [3.05, 3.63) is 142 Å². The van der Waals surface area contributed by atoms with Gasteiger partial charge in [-0.2, -0.15) is 13.2 Å². The third kappa shape index (κ3) is 11.2. The van der Waals surface area contributed by atoms with E-state index in [4.69, 9.17) is 9.84 Å². The summed E-state index contributed by atoms with van der Waals surface area (Å²) in [5.74, 6) is -1.81. The monoisotopic (exact) mass is 633 g/mol. The Morgan fingerprint density at radius 1 is 0.717 bits per heavy atom. The highest BCUT2D eigenvalue weighted by Crippen LogP contribution is 2.29. The topological polar surface area (TPSA) is 87.1 Å². The molecule has 0 heterocycles. The number of aliphatic carboxylic acids is 1. The predicted molar refractivity (Wildman–Crippen MR) is 169 cm³/mol. The highest BCUT2D eigenvalue weighted by atomic mass is 19.4. The van der Waals surface area contributed by atoms with Crippen LogP contribution in [-0.4, -0.2) is 40.1 Å². The largest absolute Gasteiger partial charge is 0.481 e. The highest BCUT2D eigenvalue weighted by Gasteiger charge is 2.29. The lowest BCUT2D eigenvalue weighted by atomic mass is 10.0. The van der Waals surface area contributed by atoms with E-state index in [0.29, 0.717) is 51.9 Å². The molecule has 0 amide bonds. The quantitative estimate of drug-likeness (QED) is 0.114. The summed E-state index contributed by atoms with van der Waals surface area (Å²) in [5.41, 5.74) is 4.42. The molecule has 4 rings (SSSR count). The number of hydrogen-bond donors (Lipinski definition) is 2. The van der Waals surface area contributed by atoms with E-state index in [0.717, 1.165) is 39.9 Å². The van der Waals surface area contributed by atoms with Gasteiger partial charge in [0.1, 0.15) is 0 Å². The van der Waals surface area contributed by atoms with E-state index >= 15 is 0 Å². The summed E-state index contributed by atoms with van der Waals surface area (Å²) in [5, 5.41) is 18.3. The first-order valence-electron chi connectivity index (χ1n) is 15.2. The normalized spacial score (nSPS) is 12.3. The highest BCUT2D eigenvalue weighted by molar-refractivity contribution is 5.87. The SMILES string of the molecule is O=C(O)CCCCN(Cc1ccc(C(=O)O)cc1)C[C@H](OCc1ccc(CCc2ccc(C(F)(F)F)cc2)cc1)c1ccccc1. The van der Waals surface area contributed by atoms with Crippen LogP contribution in [0.4, 0.5) is 13.2 Å². The molecule has 4 aromatic carbocycles. The number of carbonyl (C=O) groups is 2. The van der Waals surface area contributed by atoms with Crippen LogP contribution in [0.2, 0.25) is 0 Å². The van der Waals surface area contributed by atoms with Gasteiger partial charge in [-0.3, -0.25) is 9.69 Å². The van der Waals surface area contributed by atoms with E-state index in [1.54, 1.807) is 24.3 Å². The third-order valence-electron chi connectivity index (χ3n) is 7.78. The Balaban J connectivity index is 1.40. The molecule has 0 aromatic heterocycles. The average molecular weight is 634 g/mol. The summed E-state index contributed by atoms with van der Waals surface area (Å²) in [4.78, 5) is 24.6. The summed E-state index contributed by atoms with van der Waals surface area (Å²) in [6, 6.07) is 29.9. The first kappa shape index (κ1) is 34.4. The van der Waals surface area contributed by atoms with Crippen molar-refractivity contribution in [3.8, 4) is 0 Å². The summed E-state index contributed by atoms with van der Waals surface area (Å²) < 4.78 is 45.0. The predicted octanol–water partition coefficient (Wildman–Crippen LogP) is 8.20. The van der Waals surface area contributed by atoms with Gasteiger partial charge in [-0.25, -0.2) is 4.79 Å². The number of carboxylic acids is 2. The first-order valence-corrected chi connectivity index (χ1v) is 15.2. The van der Waals surface area contributed by atoms with Crippen LogP contribution in [0.3, 0.4) is 0 Å². The van der Waals surface area contributed by atoms with Crippen LogP contribution in [0.25, 0.3) is 0 Å². The number of unbranched alkanes of at least 4 members (excludes halogenated alkanes) is 1. The van der Waals surface area contributed by atoms with E-state index in [9.17, 15) is 27.9 Å². The molecule has 0 radical (unpaired) electrons. The van der Waals surface area contributed by atoms with E-state index in [2.05, 4.69) is 4.90 Å². The lowest BCUT2D eigenvalue weighted by Crippen LogP contribution is -2.30. The number of alkyl halides is 3. The molecule has 46 heavy (non-hydrogen) atoms. The molecule has 0 saturated carbocycles. The van der Waals surface area contributed by atoms with E-state index in [1.807, 2.05) is 54.6 Å². The zero-order valence-electron chi connectivity index (χ0n) is 25.5. The number of rotatable bonds is 17. The molecule has 1 atom stereocenters. The van der Waals surface area contributed by atoms with Gasteiger partial charge < -0.3 is 14.9 Å². The second-order valence-corrected chi connectivity index (χ2v) is 11.3. The number of benzene rings is 4. The second kappa shape index (κ2) is 16.7. The first-order chi connectivity index (χ1) is 22.1. The van der Waals surface area contributed by atoms with Gasteiger partial charge in [-0.05, 0) is 84.3 Å². The summed E-state index contributed by atoms with van der Waals surface area (Å²) in [6.07, 6.45) is -1.96. The van der Waals surface area contributed by atoms with Crippen LogP contribution in [0.15, 0.2) is 103 Å². The lowest BCUT2D eigenvalue weighted by molar-refractivity contribution is -0.138. The zero-order chi connectivity index (χ0) is 32.9. The average Bonchev–Trinajstić information content (AvgIpc) is 3.04. The second-order valence-electron chi connectivity index (χ2n) is 11.3. The number of carboxylic acid groups (broad SMARTS) is 2. The fourth-order valence-corrected chi connectivity index (χ4v) is 5.16. The summed E-state index contributed by atoms with van der Waals surface area (Å²) in [7, 11) is 0. The van der Waals surface area contributed by atoms with Gasteiger partial charge in [-0.1, -0.05) is 78.9 Å². The van der Waals surface area contributed by atoms with Crippen LogP contribution in [-0.2, 0) is 41.7 Å². The standard InChI is InChI=1S/C37H38F3NO5/c38-37(39,40)33-21-17-28(18-22-33)10-9-27-11-13-30(14-12-27)26-46-34(31-6-2-1-3-7-31)25-41(23-5-4-8-35(42)43)24-29-15-19-32(20-16-29)36(44)45/h1-3,6-7,11-22,34H,4-5,8-10,23-26H2,(H,42,43)(H,44,45)/t34-/m0/s1. The summed E-state index contributed by atoms with van der Waals surface area (Å²) >= 11 is 0. The van der Waals surface area contributed by atoms with Gasteiger partial charge in [0.05, 0.1) is 23.8 Å². The van der Waals surface area contributed by atoms with Crippen LogP contribution in [0.5, 0.6) is 0 Å². The van der Waals surface area contributed by atoms with E-state index in [1.165, 1.54) is 12.1 Å². The Labute approximate surface area is 267 Å². The fraction of sp³-hybridized carbons (Fsp3) is 0.297. The van der Waals surface area contributed by atoms with Gasteiger partial charge in [0, 0.05) is 19.5 Å². The molecule has 0 aliphatic carbocycles. The lowest BCUT2D eigenvalue weighted by Gasteiger charge is -2.28. The number of hydrogen-bond acceptors (Lipinski definition) is 4. The molecule has 0 aliphatic heterocycles. The molecule has 9 heteroatoms.